The lowest BCUT2D eigenvalue weighted by molar-refractivity contribution is 0.251. The summed E-state index contributed by atoms with van der Waals surface area (Å²) in [7, 11) is 0. The molecular formula is C17H19ClN6OS. The van der Waals surface area contributed by atoms with E-state index < -0.39 is 0 Å². The lowest BCUT2D eigenvalue weighted by Crippen LogP contribution is -2.28. The summed E-state index contributed by atoms with van der Waals surface area (Å²) >= 11 is 7.43. The van der Waals surface area contributed by atoms with Crippen LogP contribution in [0, 0.1) is 0 Å². The highest BCUT2D eigenvalue weighted by Crippen LogP contribution is 2.35. The van der Waals surface area contributed by atoms with Crippen molar-refractivity contribution < 1.29 is 4.79 Å². The number of carbonyl (C=O) groups excluding carboxylic acids is 1. The number of carbonyl (C=O) groups is 1. The number of rotatable bonds is 4. The Morgan fingerprint density at radius 2 is 2.08 bits per heavy atom. The van der Waals surface area contributed by atoms with Crippen LogP contribution in [0.3, 0.4) is 0 Å². The second kappa shape index (κ2) is 7.59. The number of anilines is 1. The first-order valence-electron chi connectivity index (χ1n) is 8.69. The summed E-state index contributed by atoms with van der Waals surface area (Å²) < 4.78 is 1.83. The molecule has 0 aromatic carbocycles. The Hall–Kier alpha value is -2.19. The number of hydrogen-bond donors (Lipinski definition) is 2. The van der Waals surface area contributed by atoms with E-state index in [9.17, 15) is 4.79 Å². The van der Waals surface area contributed by atoms with Gasteiger partial charge in [-0.05, 0) is 25.0 Å². The quantitative estimate of drug-likeness (QED) is 0.698. The molecule has 2 N–H and O–H groups in total. The molecule has 3 aromatic heterocycles. The maximum absolute atomic E-state index is 12.1. The zero-order chi connectivity index (χ0) is 17.9. The maximum atomic E-state index is 12.1. The smallest absolute Gasteiger partial charge is 0.321 e. The van der Waals surface area contributed by atoms with E-state index in [4.69, 9.17) is 11.6 Å². The molecule has 0 aliphatic heterocycles. The van der Waals surface area contributed by atoms with Gasteiger partial charge in [0.1, 0.15) is 10.7 Å². The molecule has 1 fully saturated rings. The Balaban J connectivity index is 1.32. The highest BCUT2D eigenvalue weighted by atomic mass is 35.5. The topological polar surface area (TPSA) is 84.2 Å². The van der Waals surface area contributed by atoms with Gasteiger partial charge in [-0.2, -0.15) is 0 Å². The maximum Gasteiger partial charge on any atom is 0.321 e. The molecule has 4 rings (SSSR count). The molecule has 1 saturated carbocycles. The van der Waals surface area contributed by atoms with Crippen LogP contribution in [-0.2, 0) is 6.54 Å². The summed E-state index contributed by atoms with van der Waals surface area (Å²) in [5, 5.41) is 16.1. The van der Waals surface area contributed by atoms with Crippen molar-refractivity contribution in [3.63, 3.8) is 0 Å². The minimum absolute atomic E-state index is 0.313. The first-order valence-corrected chi connectivity index (χ1v) is 9.88. The van der Waals surface area contributed by atoms with Crippen LogP contribution < -0.4 is 10.6 Å². The lowest BCUT2D eigenvalue weighted by Gasteiger charge is -2.18. The number of urea groups is 1. The minimum Gasteiger partial charge on any atom is -0.332 e. The van der Waals surface area contributed by atoms with Gasteiger partial charge < -0.3 is 9.72 Å². The fourth-order valence-electron chi connectivity index (χ4n) is 3.21. The van der Waals surface area contributed by atoms with Gasteiger partial charge in [0.2, 0.25) is 5.13 Å². The predicted octanol–water partition coefficient (Wildman–Crippen LogP) is 4.21. The number of fused-ring (bicyclic) bond motifs is 1. The first-order chi connectivity index (χ1) is 12.7. The van der Waals surface area contributed by atoms with Gasteiger partial charge in [0.15, 0.2) is 0 Å². The third kappa shape index (κ3) is 3.96. The second-order valence-corrected chi connectivity index (χ2v) is 7.88. The van der Waals surface area contributed by atoms with Gasteiger partial charge in [-0.15, -0.1) is 10.2 Å². The average Bonchev–Trinajstić information content (AvgIpc) is 3.27. The van der Waals surface area contributed by atoms with E-state index in [-0.39, 0.29) is 6.03 Å². The van der Waals surface area contributed by atoms with Crippen molar-refractivity contribution >= 4 is 39.7 Å². The van der Waals surface area contributed by atoms with E-state index in [2.05, 4.69) is 25.8 Å². The molecule has 9 heteroatoms. The normalized spacial score (nSPS) is 15.3. The molecular weight excluding hydrogens is 372 g/mol. The van der Waals surface area contributed by atoms with Crippen molar-refractivity contribution in [2.45, 2.75) is 44.6 Å². The summed E-state index contributed by atoms with van der Waals surface area (Å²) in [4.78, 5) is 16.5. The number of hydrogen-bond acceptors (Lipinski definition) is 5. The fraction of sp³-hybridized carbons (Fsp3) is 0.412. The molecule has 1 aliphatic rings. The zero-order valence-electron chi connectivity index (χ0n) is 14.1. The van der Waals surface area contributed by atoms with Gasteiger partial charge in [0.25, 0.3) is 0 Å². The SMILES string of the molecule is O=C(NCc1cn2cc(Cl)ccc2n1)Nc1nnc(C2CCCCC2)s1. The monoisotopic (exact) mass is 390 g/mol. The Morgan fingerprint density at radius 1 is 1.23 bits per heavy atom. The molecule has 2 amide bonds. The highest BCUT2D eigenvalue weighted by molar-refractivity contribution is 7.15. The van der Waals surface area contributed by atoms with Crippen molar-refractivity contribution in [3.05, 3.63) is 40.3 Å². The van der Waals surface area contributed by atoms with Crippen molar-refractivity contribution in [1.82, 2.24) is 24.9 Å². The van der Waals surface area contributed by atoms with Crippen LogP contribution in [0.5, 0.6) is 0 Å². The standard InChI is InChI=1S/C17H19ClN6OS/c18-12-6-7-14-20-13(10-24(14)9-12)8-19-16(25)21-17-23-22-15(26-17)11-4-2-1-3-5-11/h6-7,9-11H,1-5,8H2,(H2,19,21,23,25). The Bertz CT molecular complexity index is 917. The van der Waals surface area contributed by atoms with Crippen LogP contribution in [0.25, 0.3) is 5.65 Å². The van der Waals surface area contributed by atoms with Crippen LogP contribution in [0.2, 0.25) is 5.02 Å². The van der Waals surface area contributed by atoms with Gasteiger partial charge in [-0.3, -0.25) is 5.32 Å². The van der Waals surface area contributed by atoms with Crippen molar-refractivity contribution in [2.75, 3.05) is 5.32 Å². The van der Waals surface area contributed by atoms with Crippen molar-refractivity contribution in [3.8, 4) is 0 Å². The summed E-state index contributed by atoms with van der Waals surface area (Å²) in [5.74, 6) is 0.490. The average molecular weight is 391 g/mol. The number of nitrogens with zero attached hydrogens (tertiary/aromatic N) is 4. The summed E-state index contributed by atoms with van der Waals surface area (Å²) in [6.07, 6.45) is 9.75. The van der Waals surface area contributed by atoms with Crippen LogP contribution in [0.15, 0.2) is 24.5 Å². The zero-order valence-corrected chi connectivity index (χ0v) is 15.7. The van der Waals surface area contributed by atoms with Crippen LogP contribution in [0.4, 0.5) is 9.93 Å². The molecule has 0 atom stereocenters. The van der Waals surface area contributed by atoms with Crippen molar-refractivity contribution in [1.29, 1.82) is 0 Å². The Labute approximate surface area is 159 Å². The van der Waals surface area contributed by atoms with E-state index >= 15 is 0 Å². The number of amides is 2. The van der Waals surface area contributed by atoms with Crippen molar-refractivity contribution in [2.24, 2.45) is 0 Å². The van der Waals surface area contributed by atoms with Crippen LogP contribution in [0.1, 0.15) is 48.7 Å². The third-order valence-electron chi connectivity index (χ3n) is 4.51. The highest BCUT2D eigenvalue weighted by Gasteiger charge is 2.20. The van der Waals surface area contributed by atoms with Gasteiger partial charge in [0.05, 0.1) is 17.3 Å². The molecule has 136 valence electrons. The van der Waals surface area contributed by atoms with Gasteiger partial charge in [-0.25, -0.2) is 9.78 Å². The van der Waals surface area contributed by atoms with E-state index in [1.165, 1.54) is 43.4 Å². The first kappa shape index (κ1) is 17.2. The number of imidazole rings is 1. The minimum atomic E-state index is -0.313. The molecule has 0 bridgehead atoms. The van der Waals surface area contributed by atoms with Gasteiger partial charge >= 0.3 is 6.03 Å². The Morgan fingerprint density at radius 3 is 2.92 bits per heavy atom. The summed E-state index contributed by atoms with van der Waals surface area (Å²) in [6, 6.07) is 3.30. The third-order valence-corrected chi connectivity index (χ3v) is 5.74. The largest absolute Gasteiger partial charge is 0.332 e. The molecule has 3 aromatic rings. The van der Waals surface area contributed by atoms with E-state index in [1.54, 1.807) is 12.3 Å². The molecule has 1 aliphatic carbocycles. The van der Waals surface area contributed by atoms with E-state index in [0.29, 0.717) is 22.6 Å². The van der Waals surface area contributed by atoms with Crippen LogP contribution in [-0.4, -0.2) is 25.6 Å². The number of halogens is 1. The molecule has 0 saturated heterocycles. The molecule has 0 spiro atoms. The molecule has 26 heavy (non-hydrogen) atoms. The lowest BCUT2D eigenvalue weighted by atomic mass is 9.90. The molecule has 3 heterocycles. The summed E-state index contributed by atoms with van der Waals surface area (Å²) in [5.41, 5.74) is 1.54. The summed E-state index contributed by atoms with van der Waals surface area (Å²) in [6.45, 7) is 0.319. The van der Waals surface area contributed by atoms with Gasteiger partial charge in [-0.1, -0.05) is 42.2 Å². The van der Waals surface area contributed by atoms with E-state index in [0.717, 1.165) is 16.3 Å². The number of aromatic nitrogens is 4. The fourth-order valence-corrected chi connectivity index (χ4v) is 4.29. The van der Waals surface area contributed by atoms with E-state index in [1.807, 2.05) is 16.7 Å². The molecule has 0 unspecified atom stereocenters. The number of pyridine rings is 1. The Kier molecular flexibility index (Phi) is 5.03. The number of nitrogens with one attached hydrogen (secondary N) is 2. The van der Waals surface area contributed by atoms with Crippen LogP contribution >= 0.6 is 22.9 Å². The molecule has 0 radical (unpaired) electrons. The van der Waals surface area contributed by atoms with Gasteiger partial charge in [0, 0.05) is 18.3 Å². The molecule has 7 nitrogen and oxygen atoms in total. The second-order valence-electron chi connectivity index (χ2n) is 6.43. The predicted molar refractivity (Wildman–Crippen MR) is 102 cm³/mol.